The predicted octanol–water partition coefficient (Wildman–Crippen LogP) is 1.79. The topological polar surface area (TPSA) is 95.8 Å². The average Bonchev–Trinajstić information content (AvgIpc) is 3.46. The lowest BCUT2D eigenvalue weighted by Crippen LogP contribution is -2.49. The molecule has 1 aromatic rings. The Morgan fingerprint density at radius 3 is 2.54 bits per heavy atom. The highest BCUT2D eigenvalue weighted by Gasteiger charge is 2.34. The van der Waals surface area contributed by atoms with E-state index >= 15 is 0 Å². The molecule has 140 valence electrons. The van der Waals surface area contributed by atoms with Crippen LogP contribution in [0.4, 0.5) is 11.4 Å². The molecule has 1 saturated carbocycles. The Kier molecular flexibility index (Phi) is 5.51. The number of nitrogens with zero attached hydrogens (tertiary/aromatic N) is 3. The van der Waals surface area contributed by atoms with Crippen LogP contribution >= 0.6 is 0 Å². The van der Waals surface area contributed by atoms with Crippen molar-refractivity contribution in [3.8, 4) is 0 Å². The fourth-order valence-electron chi connectivity index (χ4n) is 3.21. The van der Waals surface area contributed by atoms with Gasteiger partial charge in [-0.25, -0.2) is 0 Å². The summed E-state index contributed by atoms with van der Waals surface area (Å²) in [6, 6.07) is 4.66. The van der Waals surface area contributed by atoms with Gasteiger partial charge in [0.25, 0.3) is 5.69 Å². The van der Waals surface area contributed by atoms with Crippen molar-refractivity contribution in [3.63, 3.8) is 0 Å². The number of nitro benzene ring substituents is 1. The highest BCUT2D eigenvalue weighted by molar-refractivity contribution is 5.92. The Bertz CT molecular complexity index is 709. The van der Waals surface area contributed by atoms with Gasteiger partial charge in [-0.3, -0.25) is 24.6 Å². The first-order valence-corrected chi connectivity index (χ1v) is 9.00. The van der Waals surface area contributed by atoms with E-state index in [1.54, 1.807) is 19.1 Å². The van der Waals surface area contributed by atoms with Crippen LogP contribution < -0.4 is 5.32 Å². The van der Waals surface area contributed by atoms with Crippen molar-refractivity contribution in [2.45, 2.75) is 26.2 Å². The van der Waals surface area contributed by atoms with Gasteiger partial charge in [-0.2, -0.15) is 0 Å². The van der Waals surface area contributed by atoms with Crippen LogP contribution in [0.5, 0.6) is 0 Å². The molecule has 26 heavy (non-hydrogen) atoms. The van der Waals surface area contributed by atoms with Gasteiger partial charge in [0.05, 0.1) is 16.2 Å². The molecule has 0 bridgehead atoms. The van der Waals surface area contributed by atoms with Gasteiger partial charge >= 0.3 is 0 Å². The number of hydrogen-bond acceptors (Lipinski definition) is 5. The SMILES string of the molecule is Cc1c(NC(=O)CCN2CCN(C(=O)C3CC3)CC2)cccc1[N+](=O)[O-]. The first-order chi connectivity index (χ1) is 12.5. The molecule has 0 aromatic heterocycles. The highest BCUT2D eigenvalue weighted by Crippen LogP contribution is 2.31. The Morgan fingerprint density at radius 1 is 1.23 bits per heavy atom. The third-order valence-corrected chi connectivity index (χ3v) is 5.04. The zero-order valence-corrected chi connectivity index (χ0v) is 14.9. The zero-order chi connectivity index (χ0) is 18.7. The molecule has 0 radical (unpaired) electrons. The van der Waals surface area contributed by atoms with E-state index < -0.39 is 4.92 Å². The van der Waals surface area contributed by atoms with Crippen LogP contribution in [0.15, 0.2) is 18.2 Å². The van der Waals surface area contributed by atoms with E-state index in [0.717, 1.165) is 39.0 Å². The van der Waals surface area contributed by atoms with Crippen molar-refractivity contribution in [1.82, 2.24) is 9.80 Å². The summed E-state index contributed by atoms with van der Waals surface area (Å²) in [5.74, 6) is 0.374. The number of nitrogens with one attached hydrogen (secondary N) is 1. The third kappa shape index (κ3) is 4.37. The predicted molar refractivity (Wildman–Crippen MR) is 96.8 cm³/mol. The Hall–Kier alpha value is -2.48. The summed E-state index contributed by atoms with van der Waals surface area (Å²) in [6.07, 6.45) is 2.37. The Labute approximate surface area is 152 Å². The van der Waals surface area contributed by atoms with Gasteiger partial charge in [0.15, 0.2) is 0 Å². The van der Waals surface area contributed by atoms with Crippen LogP contribution in [0.2, 0.25) is 0 Å². The van der Waals surface area contributed by atoms with E-state index in [4.69, 9.17) is 0 Å². The number of amides is 2. The van der Waals surface area contributed by atoms with Crippen LogP contribution in [0.3, 0.4) is 0 Å². The number of benzene rings is 1. The molecule has 8 heteroatoms. The molecule has 2 amide bonds. The summed E-state index contributed by atoms with van der Waals surface area (Å²) >= 11 is 0. The fraction of sp³-hybridized carbons (Fsp3) is 0.556. The highest BCUT2D eigenvalue weighted by atomic mass is 16.6. The van der Waals surface area contributed by atoms with Crippen molar-refractivity contribution < 1.29 is 14.5 Å². The van der Waals surface area contributed by atoms with E-state index in [9.17, 15) is 19.7 Å². The number of rotatable bonds is 6. The summed E-state index contributed by atoms with van der Waals surface area (Å²) < 4.78 is 0. The van der Waals surface area contributed by atoms with E-state index in [-0.39, 0.29) is 23.4 Å². The van der Waals surface area contributed by atoms with Crippen molar-refractivity contribution in [2.24, 2.45) is 5.92 Å². The maximum atomic E-state index is 12.2. The maximum Gasteiger partial charge on any atom is 0.274 e. The van der Waals surface area contributed by atoms with E-state index in [1.807, 2.05) is 4.90 Å². The molecule has 1 aliphatic carbocycles. The summed E-state index contributed by atoms with van der Waals surface area (Å²) in [6.45, 7) is 5.25. The number of carbonyl (C=O) groups excluding carboxylic acids is 2. The van der Waals surface area contributed by atoms with Crippen LogP contribution in [-0.4, -0.2) is 59.3 Å². The molecular weight excluding hydrogens is 336 g/mol. The van der Waals surface area contributed by atoms with Crippen molar-refractivity contribution in [2.75, 3.05) is 38.0 Å². The minimum absolute atomic E-state index is 0.000693. The Balaban J connectivity index is 1.44. The summed E-state index contributed by atoms with van der Waals surface area (Å²) in [7, 11) is 0. The van der Waals surface area contributed by atoms with Gasteiger partial charge in [-0.1, -0.05) is 6.07 Å². The molecule has 0 spiro atoms. The van der Waals surface area contributed by atoms with Crippen LogP contribution in [0, 0.1) is 23.0 Å². The van der Waals surface area contributed by atoms with Crippen LogP contribution in [0.1, 0.15) is 24.8 Å². The first-order valence-electron chi connectivity index (χ1n) is 9.00. The molecule has 2 aliphatic rings. The third-order valence-electron chi connectivity index (χ3n) is 5.04. The molecule has 8 nitrogen and oxygen atoms in total. The molecule has 1 N–H and O–H groups in total. The Morgan fingerprint density at radius 2 is 1.92 bits per heavy atom. The smallest absolute Gasteiger partial charge is 0.274 e. The molecule has 3 rings (SSSR count). The van der Waals surface area contributed by atoms with Gasteiger partial charge in [0, 0.05) is 51.1 Å². The lowest BCUT2D eigenvalue weighted by Gasteiger charge is -2.34. The number of piperazine rings is 1. The fourth-order valence-corrected chi connectivity index (χ4v) is 3.21. The molecular formula is C18H24N4O4. The number of nitro groups is 1. The molecule has 0 unspecified atom stereocenters. The maximum absolute atomic E-state index is 12.2. The summed E-state index contributed by atoms with van der Waals surface area (Å²) in [5, 5.41) is 13.7. The second-order valence-corrected chi connectivity index (χ2v) is 6.95. The largest absolute Gasteiger partial charge is 0.340 e. The quantitative estimate of drug-likeness (QED) is 0.616. The molecule has 1 heterocycles. The molecule has 0 atom stereocenters. The summed E-state index contributed by atoms with van der Waals surface area (Å²) in [4.78, 5) is 38.9. The number of hydrogen-bond donors (Lipinski definition) is 1. The number of anilines is 1. The normalized spacial score (nSPS) is 17.8. The van der Waals surface area contributed by atoms with Gasteiger partial charge in [0.2, 0.25) is 11.8 Å². The van der Waals surface area contributed by atoms with Crippen LogP contribution in [0.25, 0.3) is 0 Å². The second kappa shape index (κ2) is 7.82. The molecule has 1 aromatic carbocycles. The minimum atomic E-state index is -0.451. The van der Waals surface area contributed by atoms with Gasteiger partial charge in [0.1, 0.15) is 0 Å². The van der Waals surface area contributed by atoms with Gasteiger partial charge in [-0.05, 0) is 25.8 Å². The van der Waals surface area contributed by atoms with Crippen molar-refractivity contribution in [1.29, 1.82) is 0 Å². The van der Waals surface area contributed by atoms with Crippen molar-refractivity contribution in [3.05, 3.63) is 33.9 Å². The minimum Gasteiger partial charge on any atom is -0.340 e. The van der Waals surface area contributed by atoms with E-state index in [2.05, 4.69) is 10.2 Å². The zero-order valence-electron chi connectivity index (χ0n) is 14.9. The summed E-state index contributed by atoms with van der Waals surface area (Å²) in [5.41, 5.74) is 0.932. The second-order valence-electron chi connectivity index (χ2n) is 6.95. The van der Waals surface area contributed by atoms with Crippen molar-refractivity contribution >= 4 is 23.2 Å². The molecule has 2 fully saturated rings. The van der Waals surface area contributed by atoms with Crippen LogP contribution in [-0.2, 0) is 9.59 Å². The van der Waals surface area contributed by atoms with Gasteiger partial charge < -0.3 is 10.2 Å². The lowest BCUT2D eigenvalue weighted by atomic mass is 10.1. The van der Waals surface area contributed by atoms with Gasteiger partial charge in [-0.15, -0.1) is 0 Å². The molecule has 1 aliphatic heterocycles. The standard InChI is InChI=1S/C18H24N4O4/c1-13-15(3-2-4-16(13)22(25)26)19-17(23)7-8-20-9-11-21(12-10-20)18(24)14-5-6-14/h2-4,14H,5-12H2,1H3,(H,19,23). The monoisotopic (exact) mass is 360 g/mol. The number of carbonyl (C=O) groups is 2. The lowest BCUT2D eigenvalue weighted by molar-refractivity contribution is -0.385. The van der Waals surface area contributed by atoms with E-state index in [0.29, 0.717) is 24.2 Å². The van der Waals surface area contributed by atoms with E-state index in [1.165, 1.54) is 6.07 Å². The first kappa shape index (κ1) is 18.3. The average molecular weight is 360 g/mol. The molecule has 1 saturated heterocycles.